The molecule has 0 bridgehead atoms. The molecule has 4 heteroatoms. The highest BCUT2D eigenvalue weighted by molar-refractivity contribution is 7.80. The largest absolute Gasteiger partial charge is 0.392 e. The van der Waals surface area contributed by atoms with Crippen LogP contribution in [0, 0.1) is 11.3 Å². The molecule has 1 heterocycles. The summed E-state index contributed by atoms with van der Waals surface area (Å²) in [5, 5.41) is 0. The van der Waals surface area contributed by atoms with E-state index in [4.69, 9.17) is 18.0 Å². The van der Waals surface area contributed by atoms with Crippen molar-refractivity contribution in [2.45, 2.75) is 39.0 Å². The first-order valence-corrected chi connectivity index (χ1v) is 6.60. The van der Waals surface area contributed by atoms with E-state index in [0.717, 1.165) is 32.4 Å². The van der Waals surface area contributed by atoms with E-state index in [1.807, 2.05) is 4.90 Å². The van der Waals surface area contributed by atoms with Crippen LogP contribution in [-0.4, -0.2) is 28.9 Å². The summed E-state index contributed by atoms with van der Waals surface area (Å²) in [6, 6.07) is 0. The second kappa shape index (κ2) is 4.32. The van der Waals surface area contributed by atoms with Crippen LogP contribution in [0.3, 0.4) is 0 Å². The van der Waals surface area contributed by atoms with Crippen molar-refractivity contribution in [3.05, 3.63) is 0 Å². The quantitative estimate of drug-likeness (QED) is 0.761. The van der Waals surface area contributed by atoms with E-state index in [0.29, 0.717) is 10.9 Å². The summed E-state index contributed by atoms with van der Waals surface area (Å²) in [5.41, 5.74) is 5.23. The van der Waals surface area contributed by atoms with E-state index in [1.165, 1.54) is 12.8 Å². The molecule has 2 N–H and O–H groups in total. The van der Waals surface area contributed by atoms with Crippen LogP contribution in [0.1, 0.15) is 39.0 Å². The summed E-state index contributed by atoms with van der Waals surface area (Å²) in [4.78, 5) is 14.7. The van der Waals surface area contributed by atoms with Crippen LogP contribution >= 0.6 is 12.2 Å². The lowest BCUT2D eigenvalue weighted by atomic mass is 10.0. The molecule has 1 aliphatic heterocycles. The Morgan fingerprint density at radius 1 is 1.56 bits per heavy atom. The normalized spacial score (nSPS) is 26.8. The maximum atomic E-state index is 12.3. The van der Waals surface area contributed by atoms with E-state index in [1.54, 1.807) is 0 Å². The second-order valence-corrected chi connectivity index (χ2v) is 5.58. The number of carbonyl (C=O) groups excluding carboxylic acids is 1. The average molecular weight is 240 g/mol. The minimum absolute atomic E-state index is 0.193. The molecule has 3 nitrogen and oxygen atoms in total. The molecule has 0 spiro atoms. The fourth-order valence-electron chi connectivity index (χ4n) is 2.65. The lowest BCUT2D eigenvalue weighted by molar-refractivity contribution is -0.133. The molecule has 0 aromatic rings. The minimum Gasteiger partial charge on any atom is -0.392 e. The first kappa shape index (κ1) is 11.8. The van der Waals surface area contributed by atoms with Gasteiger partial charge in [0.2, 0.25) is 5.91 Å². The number of amides is 1. The molecule has 1 saturated carbocycles. The fraction of sp³-hybridized carbons (Fsp3) is 0.833. The molecular weight excluding hydrogens is 220 g/mol. The van der Waals surface area contributed by atoms with Crippen LogP contribution in [-0.2, 0) is 4.79 Å². The Hall–Kier alpha value is -0.640. The van der Waals surface area contributed by atoms with Gasteiger partial charge >= 0.3 is 0 Å². The minimum atomic E-state index is -0.448. The Kier molecular flexibility index (Phi) is 3.19. The van der Waals surface area contributed by atoms with Gasteiger partial charge in [0.1, 0.15) is 0 Å². The Morgan fingerprint density at radius 2 is 2.25 bits per heavy atom. The van der Waals surface area contributed by atoms with Gasteiger partial charge in [0.05, 0.1) is 10.4 Å². The molecule has 0 radical (unpaired) electrons. The van der Waals surface area contributed by atoms with E-state index >= 15 is 0 Å². The Balaban J connectivity index is 1.95. The third kappa shape index (κ3) is 1.95. The number of hydrogen-bond acceptors (Lipinski definition) is 2. The van der Waals surface area contributed by atoms with Gasteiger partial charge in [-0.25, -0.2) is 0 Å². The number of rotatable bonds is 4. The van der Waals surface area contributed by atoms with Crippen molar-refractivity contribution in [2.24, 2.45) is 17.1 Å². The molecule has 1 aliphatic carbocycles. The van der Waals surface area contributed by atoms with Gasteiger partial charge in [-0.05, 0) is 31.6 Å². The first-order valence-electron chi connectivity index (χ1n) is 6.19. The molecule has 1 amide bonds. The summed E-state index contributed by atoms with van der Waals surface area (Å²) in [6.45, 7) is 4.01. The van der Waals surface area contributed by atoms with Crippen molar-refractivity contribution in [1.82, 2.24) is 4.90 Å². The van der Waals surface area contributed by atoms with Crippen LogP contribution in [0.25, 0.3) is 0 Å². The monoisotopic (exact) mass is 240 g/mol. The van der Waals surface area contributed by atoms with Gasteiger partial charge in [-0.1, -0.05) is 25.6 Å². The van der Waals surface area contributed by atoms with E-state index < -0.39 is 5.41 Å². The summed E-state index contributed by atoms with van der Waals surface area (Å²) in [6.07, 6.45) is 5.29. The molecule has 1 atom stereocenters. The number of nitrogens with zero attached hydrogens (tertiary/aromatic N) is 1. The van der Waals surface area contributed by atoms with E-state index in [-0.39, 0.29) is 5.91 Å². The van der Waals surface area contributed by atoms with Crippen molar-refractivity contribution in [2.75, 3.05) is 13.1 Å². The van der Waals surface area contributed by atoms with Gasteiger partial charge in [-0.2, -0.15) is 0 Å². The molecule has 16 heavy (non-hydrogen) atoms. The number of hydrogen-bond donors (Lipinski definition) is 1. The van der Waals surface area contributed by atoms with Crippen LogP contribution in [0.15, 0.2) is 0 Å². The average Bonchev–Trinajstić information content (AvgIpc) is 2.94. The molecule has 0 aromatic heterocycles. The molecule has 90 valence electrons. The standard InChI is InChI=1S/C12H20N2OS/c1-2-3-9-4-7-14(8-9)11(15)12(5-6-12)10(13)16/h9H,2-8H2,1H3,(H2,13,16). The fourth-order valence-corrected chi connectivity index (χ4v) is 2.95. The number of nitrogens with two attached hydrogens (primary N) is 1. The van der Waals surface area contributed by atoms with Crippen LogP contribution in [0.2, 0.25) is 0 Å². The van der Waals surface area contributed by atoms with Crippen LogP contribution in [0.4, 0.5) is 0 Å². The third-order valence-electron chi connectivity index (χ3n) is 3.90. The van der Waals surface area contributed by atoms with Crippen molar-refractivity contribution in [3.8, 4) is 0 Å². The smallest absolute Gasteiger partial charge is 0.235 e. The zero-order chi connectivity index (χ0) is 11.8. The Morgan fingerprint density at radius 3 is 2.75 bits per heavy atom. The van der Waals surface area contributed by atoms with Crippen molar-refractivity contribution >= 4 is 23.1 Å². The highest BCUT2D eigenvalue weighted by atomic mass is 32.1. The van der Waals surface area contributed by atoms with E-state index in [9.17, 15) is 4.79 Å². The summed E-state index contributed by atoms with van der Waals surface area (Å²) in [5.74, 6) is 0.884. The highest BCUT2D eigenvalue weighted by Gasteiger charge is 2.54. The topological polar surface area (TPSA) is 46.3 Å². The molecule has 0 aromatic carbocycles. The van der Waals surface area contributed by atoms with Gasteiger partial charge in [0.15, 0.2) is 0 Å². The molecular formula is C12H20N2OS. The maximum absolute atomic E-state index is 12.3. The second-order valence-electron chi connectivity index (χ2n) is 5.14. The molecule has 1 saturated heterocycles. The van der Waals surface area contributed by atoms with Crippen molar-refractivity contribution in [3.63, 3.8) is 0 Å². The van der Waals surface area contributed by atoms with Crippen molar-refractivity contribution in [1.29, 1.82) is 0 Å². The molecule has 2 rings (SSSR count). The number of thiocarbonyl (C=S) groups is 1. The Bertz CT molecular complexity index is 312. The van der Waals surface area contributed by atoms with Crippen LogP contribution in [0.5, 0.6) is 0 Å². The number of likely N-dealkylation sites (tertiary alicyclic amines) is 1. The van der Waals surface area contributed by atoms with Gasteiger partial charge in [0, 0.05) is 13.1 Å². The molecule has 2 aliphatic rings. The summed E-state index contributed by atoms with van der Waals surface area (Å²) in [7, 11) is 0. The maximum Gasteiger partial charge on any atom is 0.235 e. The summed E-state index contributed by atoms with van der Waals surface area (Å²) < 4.78 is 0. The Labute approximate surface area is 102 Å². The highest BCUT2D eigenvalue weighted by Crippen LogP contribution is 2.48. The lowest BCUT2D eigenvalue weighted by Gasteiger charge is -2.22. The van der Waals surface area contributed by atoms with Gasteiger partial charge in [0.25, 0.3) is 0 Å². The van der Waals surface area contributed by atoms with Gasteiger partial charge in [-0.3, -0.25) is 4.79 Å². The summed E-state index contributed by atoms with van der Waals surface area (Å²) >= 11 is 5.02. The lowest BCUT2D eigenvalue weighted by Crippen LogP contribution is -2.41. The molecule has 2 fully saturated rings. The van der Waals surface area contributed by atoms with Crippen molar-refractivity contribution < 1.29 is 4.79 Å². The molecule has 1 unspecified atom stereocenters. The predicted octanol–water partition coefficient (Wildman–Crippen LogP) is 1.70. The SMILES string of the molecule is CCCC1CCN(C(=O)C2(C(N)=S)CC2)C1. The van der Waals surface area contributed by atoms with Crippen LogP contribution < -0.4 is 5.73 Å². The number of carbonyl (C=O) groups is 1. The first-order chi connectivity index (χ1) is 7.60. The van der Waals surface area contributed by atoms with E-state index in [2.05, 4.69) is 6.92 Å². The van der Waals surface area contributed by atoms with Gasteiger partial charge in [-0.15, -0.1) is 0 Å². The van der Waals surface area contributed by atoms with Gasteiger partial charge < -0.3 is 10.6 Å². The zero-order valence-electron chi connectivity index (χ0n) is 9.87. The third-order valence-corrected chi connectivity index (χ3v) is 4.29. The predicted molar refractivity (Wildman–Crippen MR) is 68.0 cm³/mol. The zero-order valence-corrected chi connectivity index (χ0v) is 10.7.